The first-order chi connectivity index (χ1) is 7.26. The van der Waals surface area contributed by atoms with Gasteiger partial charge in [0.15, 0.2) is 0 Å². The number of aromatic nitrogens is 1. The smallest absolute Gasteiger partial charge is 0.127 e. The van der Waals surface area contributed by atoms with Gasteiger partial charge in [0.2, 0.25) is 0 Å². The standard InChI is InChI=1S/C12H21N3/c1-4-6-10(3)15-11-7-8-14-12(9-11)13-5-2/h7-10H,4-6H2,1-3H3,(H2,13,14,15). The van der Waals surface area contributed by atoms with Crippen LogP contribution in [0.25, 0.3) is 0 Å². The van der Waals surface area contributed by atoms with Crippen LogP contribution in [-0.2, 0) is 0 Å². The Morgan fingerprint density at radius 1 is 1.40 bits per heavy atom. The lowest BCUT2D eigenvalue weighted by Gasteiger charge is -2.14. The summed E-state index contributed by atoms with van der Waals surface area (Å²) < 4.78 is 0. The zero-order valence-electron chi connectivity index (χ0n) is 9.88. The van der Waals surface area contributed by atoms with Crippen LogP contribution in [0.5, 0.6) is 0 Å². The van der Waals surface area contributed by atoms with Crippen LogP contribution in [0.3, 0.4) is 0 Å². The number of nitrogens with one attached hydrogen (secondary N) is 2. The topological polar surface area (TPSA) is 37.0 Å². The number of rotatable bonds is 6. The molecular formula is C12H21N3. The van der Waals surface area contributed by atoms with Gasteiger partial charge in [-0.1, -0.05) is 13.3 Å². The van der Waals surface area contributed by atoms with Gasteiger partial charge in [-0.15, -0.1) is 0 Å². The maximum atomic E-state index is 4.23. The second-order valence-electron chi connectivity index (χ2n) is 3.79. The Bertz CT molecular complexity index is 286. The van der Waals surface area contributed by atoms with Crippen molar-refractivity contribution in [3.63, 3.8) is 0 Å². The Balaban J connectivity index is 2.56. The van der Waals surface area contributed by atoms with Gasteiger partial charge in [0.1, 0.15) is 5.82 Å². The first kappa shape index (κ1) is 11.8. The van der Waals surface area contributed by atoms with E-state index in [2.05, 4.69) is 42.5 Å². The molecule has 3 nitrogen and oxygen atoms in total. The average Bonchev–Trinajstić information content (AvgIpc) is 2.19. The van der Waals surface area contributed by atoms with E-state index in [1.54, 1.807) is 0 Å². The van der Waals surface area contributed by atoms with E-state index in [4.69, 9.17) is 0 Å². The highest BCUT2D eigenvalue weighted by Gasteiger charge is 2.01. The van der Waals surface area contributed by atoms with E-state index in [1.807, 2.05) is 12.3 Å². The molecule has 1 heterocycles. The zero-order chi connectivity index (χ0) is 11.1. The molecule has 1 atom stereocenters. The number of hydrogen-bond acceptors (Lipinski definition) is 3. The van der Waals surface area contributed by atoms with Crippen molar-refractivity contribution in [1.29, 1.82) is 0 Å². The molecule has 84 valence electrons. The summed E-state index contributed by atoms with van der Waals surface area (Å²) in [6.07, 6.45) is 4.23. The lowest BCUT2D eigenvalue weighted by molar-refractivity contribution is 0.690. The van der Waals surface area contributed by atoms with Crippen molar-refractivity contribution in [3.05, 3.63) is 18.3 Å². The first-order valence-electron chi connectivity index (χ1n) is 5.72. The molecule has 0 amide bonds. The highest BCUT2D eigenvalue weighted by Crippen LogP contribution is 2.14. The molecule has 3 heteroatoms. The predicted molar refractivity (Wildman–Crippen MR) is 66.4 cm³/mol. The monoisotopic (exact) mass is 207 g/mol. The van der Waals surface area contributed by atoms with Crippen LogP contribution in [0.2, 0.25) is 0 Å². The molecule has 1 unspecified atom stereocenters. The summed E-state index contributed by atoms with van der Waals surface area (Å²) in [5.41, 5.74) is 1.14. The normalized spacial score (nSPS) is 12.2. The number of hydrogen-bond donors (Lipinski definition) is 2. The van der Waals surface area contributed by atoms with Gasteiger partial charge in [-0.05, 0) is 26.3 Å². The second kappa shape index (κ2) is 6.27. The molecule has 2 N–H and O–H groups in total. The van der Waals surface area contributed by atoms with Crippen molar-refractivity contribution in [2.45, 2.75) is 39.7 Å². The van der Waals surface area contributed by atoms with Gasteiger partial charge in [-0.3, -0.25) is 0 Å². The van der Waals surface area contributed by atoms with Crippen LogP contribution < -0.4 is 10.6 Å². The fourth-order valence-electron chi connectivity index (χ4n) is 1.59. The third-order valence-corrected chi connectivity index (χ3v) is 2.25. The van der Waals surface area contributed by atoms with Crippen molar-refractivity contribution in [2.24, 2.45) is 0 Å². The highest BCUT2D eigenvalue weighted by molar-refractivity contribution is 5.52. The minimum absolute atomic E-state index is 0.520. The molecule has 0 aliphatic heterocycles. The van der Waals surface area contributed by atoms with Gasteiger partial charge in [-0.25, -0.2) is 4.98 Å². The minimum atomic E-state index is 0.520. The number of pyridine rings is 1. The Labute approximate surface area is 92.3 Å². The number of nitrogens with zero attached hydrogens (tertiary/aromatic N) is 1. The van der Waals surface area contributed by atoms with Gasteiger partial charge in [-0.2, -0.15) is 0 Å². The van der Waals surface area contributed by atoms with Crippen LogP contribution in [0.4, 0.5) is 11.5 Å². The summed E-state index contributed by atoms with van der Waals surface area (Å²) in [7, 11) is 0. The molecular weight excluding hydrogens is 186 g/mol. The SMILES string of the molecule is CCCC(C)Nc1ccnc(NCC)c1. The molecule has 0 aliphatic carbocycles. The fraction of sp³-hybridized carbons (Fsp3) is 0.583. The third-order valence-electron chi connectivity index (χ3n) is 2.25. The fourth-order valence-corrected chi connectivity index (χ4v) is 1.59. The van der Waals surface area contributed by atoms with E-state index in [9.17, 15) is 0 Å². The van der Waals surface area contributed by atoms with Crippen LogP contribution in [0, 0.1) is 0 Å². The minimum Gasteiger partial charge on any atom is -0.382 e. The average molecular weight is 207 g/mol. The Kier molecular flexibility index (Phi) is 4.95. The zero-order valence-corrected chi connectivity index (χ0v) is 9.88. The van der Waals surface area contributed by atoms with E-state index in [0.717, 1.165) is 18.1 Å². The van der Waals surface area contributed by atoms with Crippen LogP contribution in [0.1, 0.15) is 33.6 Å². The Hall–Kier alpha value is -1.25. The molecule has 0 saturated carbocycles. The summed E-state index contributed by atoms with van der Waals surface area (Å²) >= 11 is 0. The molecule has 0 aliphatic rings. The molecule has 0 bridgehead atoms. The van der Waals surface area contributed by atoms with Crippen molar-refractivity contribution in [2.75, 3.05) is 17.2 Å². The maximum absolute atomic E-state index is 4.23. The van der Waals surface area contributed by atoms with Gasteiger partial charge >= 0.3 is 0 Å². The summed E-state index contributed by atoms with van der Waals surface area (Å²) in [5.74, 6) is 0.936. The lowest BCUT2D eigenvalue weighted by Crippen LogP contribution is -2.14. The largest absolute Gasteiger partial charge is 0.382 e. The van der Waals surface area contributed by atoms with Crippen molar-refractivity contribution in [1.82, 2.24) is 4.98 Å². The second-order valence-corrected chi connectivity index (χ2v) is 3.79. The lowest BCUT2D eigenvalue weighted by atomic mass is 10.2. The molecule has 0 spiro atoms. The van der Waals surface area contributed by atoms with Gasteiger partial charge in [0, 0.05) is 30.5 Å². The maximum Gasteiger partial charge on any atom is 0.127 e. The predicted octanol–water partition coefficient (Wildman–Crippen LogP) is 3.11. The van der Waals surface area contributed by atoms with E-state index in [-0.39, 0.29) is 0 Å². The third kappa shape index (κ3) is 4.19. The Morgan fingerprint density at radius 2 is 2.20 bits per heavy atom. The highest BCUT2D eigenvalue weighted by atomic mass is 15.0. The van der Waals surface area contributed by atoms with E-state index < -0.39 is 0 Å². The summed E-state index contributed by atoms with van der Waals surface area (Å²) in [6.45, 7) is 7.38. The van der Waals surface area contributed by atoms with Crippen molar-refractivity contribution < 1.29 is 0 Å². The van der Waals surface area contributed by atoms with Gasteiger partial charge in [0.25, 0.3) is 0 Å². The van der Waals surface area contributed by atoms with Crippen LogP contribution >= 0.6 is 0 Å². The molecule has 15 heavy (non-hydrogen) atoms. The molecule has 1 aromatic rings. The Morgan fingerprint density at radius 3 is 2.87 bits per heavy atom. The van der Waals surface area contributed by atoms with Gasteiger partial charge in [0.05, 0.1) is 0 Å². The summed E-state index contributed by atoms with van der Waals surface area (Å²) in [4.78, 5) is 4.23. The number of anilines is 2. The van der Waals surface area contributed by atoms with E-state index in [1.165, 1.54) is 12.8 Å². The summed E-state index contributed by atoms with van der Waals surface area (Å²) in [5, 5.41) is 6.66. The van der Waals surface area contributed by atoms with E-state index in [0.29, 0.717) is 6.04 Å². The molecule has 0 aromatic carbocycles. The summed E-state index contributed by atoms with van der Waals surface area (Å²) in [6, 6.07) is 4.58. The quantitative estimate of drug-likeness (QED) is 0.752. The van der Waals surface area contributed by atoms with E-state index >= 15 is 0 Å². The molecule has 1 rings (SSSR count). The van der Waals surface area contributed by atoms with Crippen molar-refractivity contribution in [3.8, 4) is 0 Å². The molecule has 0 fully saturated rings. The molecule has 0 radical (unpaired) electrons. The molecule has 1 aromatic heterocycles. The first-order valence-corrected chi connectivity index (χ1v) is 5.72. The van der Waals surface area contributed by atoms with Gasteiger partial charge < -0.3 is 10.6 Å². The van der Waals surface area contributed by atoms with Crippen molar-refractivity contribution >= 4 is 11.5 Å². The van der Waals surface area contributed by atoms with Crippen LogP contribution in [0.15, 0.2) is 18.3 Å². The molecule has 0 saturated heterocycles. The van der Waals surface area contributed by atoms with Crippen LogP contribution in [-0.4, -0.2) is 17.6 Å².